The van der Waals surface area contributed by atoms with Crippen molar-refractivity contribution in [2.45, 2.75) is 51.5 Å². The van der Waals surface area contributed by atoms with E-state index in [1.165, 1.54) is 19.3 Å². The number of hydrogen-bond acceptors (Lipinski definition) is 4. The molecule has 2 aliphatic heterocycles. The normalized spacial score (nSPS) is 27.9. The third-order valence-corrected chi connectivity index (χ3v) is 6.82. The summed E-state index contributed by atoms with van der Waals surface area (Å²) in [6.07, 6.45) is 6.75. The predicted molar refractivity (Wildman–Crippen MR) is 111 cm³/mol. The molecular formula is C22H32N4O2. The lowest BCUT2D eigenvalue weighted by molar-refractivity contribution is -0.136. The van der Waals surface area contributed by atoms with Crippen LogP contribution < -0.4 is 20.9 Å². The number of nitrogens with zero attached hydrogens (tertiary/aromatic N) is 1. The van der Waals surface area contributed by atoms with Crippen molar-refractivity contribution in [1.29, 1.82) is 0 Å². The Kier molecular flexibility index (Phi) is 5.58. The first-order valence-electron chi connectivity index (χ1n) is 10.8. The molecule has 2 saturated heterocycles. The maximum Gasteiger partial charge on any atom is 0.246 e. The lowest BCUT2D eigenvalue weighted by Gasteiger charge is -2.37. The maximum absolute atomic E-state index is 13.1. The van der Waals surface area contributed by atoms with Gasteiger partial charge in [0.05, 0.1) is 5.41 Å². The zero-order valence-corrected chi connectivity index (χ0v) is 16.8. The van der Waals surface area contributed by atoms with E-state index in [1.807, 2.05) is 18.2 Å². The van der Waals surface area contributed by atoms with Crippen molar-refractivity contribution in [2.24, 2.45) is 11.3 Å². The fraction of sp³-hybridized carbons (Fsp3) is 0.636. The third-order valence-electron chi connectivity index (χ3n) is 6.82. The summed E-state index contributed by atoms with van der Waals surface area (Å²) in [5, 5.41) is 9.37. The van der Waals surface area contributed by atoms with Gasteiger partial charge in [0.1, 0.15) is 6.04 Å². The average Bonchev–Trinajstić information content (AvgIpc) is 3.38. The van der Waals surface area contributed by atoms with Gasteiger partial charge in [0, 0.05) is 31.0 Å². The Balaban J connectivity index is 1.37. The monoisotopic (exact) mass is 384 g/mol. The van der Waals surface area contributed by atoms with Crippen LogP contribution in [0.4, 0.5) is 11.4 Å². The van der Waals surface area contributed by atoms with Gasteiger partial charge in [-0.1, -0.05) is 18.9 Å². The van der Waals surface area contributed by atoms with Crippen molar-refractivity contribution in [1.82, 2.24) is 10.6 Å². The van der Waals surface area contributed by atoms with Gasteiger partial charge in [0.2, 0.25) is 11.8 Å². The molecule has 3 N–H and O–H groups in total. The number of fused-ring (bicyclic) bond motifs is 1. The number of nitrogens with one attached hydrogen (secondary N) is 3. The van der Waals surface area contributed by atoms with E-state index in [9.17, 15) is 9.59 Å². The summed E-state index contributed by atoms with van der Waals surface area (Å²) in [5.74, 6) is 0.269. The van der Waals surface area contributed by atoms with Gasteiger partial charge in [0.15, 0.2) is 0 Å². The maximum atomic E-state index is 13.1. The Morgan fingerprint density at radius 3 is 2.86 bits per heavy atom. The smallest absolute Gasteiger partial charge is 0.246 e. The Morgan fingerprint density at radius 2 is 2.04 bits per heavy atom. The van der Waals surface area contributed by atoms with Crippen molar-refractivity contribution < 1.29 is 9.59 Å². The topological polar surface area (TPSA) is 73.5 Å². The van der Waals surface area contributed by atoms with E-state index >= 15 is 0 Å². The average molecular weight is 385 g/mol. The van der Waals surface area contributed by atoms with Crippen LogP contribution in [0.25, 0.3) is 0 Å². The minimum Gasteiger partial charge on any atom is -0.371 e. The predicted octanol–water partition coefficient (Wildman–Crippen LogP) is 2.51. The molecule has 0 aromatic heterocycles. The van der Waals surface area contributed by atoms with Crippen molar-refractivity contribution in [2.75, 3.05) is 36.4 Å². The molecule has 0 bridgehead atoms. The second-order valence-corrected chi connectivity index (χ2v) is 8.66. The van der Waals surface area contributed by atoms with Gasteiger partial charge in [-0.3, -0.25) is 9.59 Å². The first kappa shape index (κ1) is 19.2. The fourth-order valence-electron chi connectivity index (χ4n) is 5.10. The van der Waals surface area contributed by atoms with E-state index in [0.717, 1.165) is 56.8 Å². The van der Waals surface area contributed by atoms with Crippen LogP contribution in [0.1, 0.15) is 45.4 Å². The molecule has 3 fully saturated rings. The largest absolute Gasteiger partial charge is 0.371 e. The molecule has 28 heavy (non-hydrogen) atoms. The molecule has 3 aliphatic rings. The van der Waals surface area contributed by atoms with E-state index in [2.05, 4.69) is 26.9 Å². The van der Waals surface area contributed by atoms with Crippen molar-refractivity contribution in [3.8, 4) is 0 Å². The Labute approximate surface area is 167 Å². The van der Waals surface area contributed by atoms with E-state index < -0.39 is 6.04 Å². The summed E-state index contributed by atoms with van der Waals surface area (Å²) in [6, 6.07) is 7.43. The molecule has 3 atom stereocenters. The first-order valence-corrected chi connectivity index (χ1v) is 10.8. The lowest BCUT2D eigenvalue weighted by Crippen LogP contribution is -2.52. The SMILES string of the molecule is CC(NC(=O)[C@@]12CCCC[C@H]1CNC2)C(=O)Nc1cccc(N2CCCC2)c1. The quantitative estimate of drug-likeness (QED) is 0.729. The summed E-state index contributed by atoms with van der Waals surface area (Å²) in [5.41, 5.74) is 1.60. The molecule has 1 aromatic rings. The van der Waals surface area contributed by atoms with Crippen LogP contribution in [0.3, 0.4) is 0 Å². The highest BCUT2D eigenvalue weighted by atomic mass is 16.2. The number of hydrogen-bond donors (Lipinski definition) is 3. The van der Waals surface area contributed by atoms with Gasteiger partial charge < -0.3 is 20.9 Å². The van der Waals surface area contributed by atoms with Crippen molar-refractivity contribution >= 4 is 23.2 Å². The van der Waals surface area contributed by atoms with Gasteiger partial charge in [-0.2, -0.15) is 0 Å². The van der Waals surface area contributed by atoms with Crippen LogP contribution in [-0.2, 0) is 9.59 Å². The molecule has 4 rings (SSSR count). The third kappa shape index (κ3) is 3.75. The second-order valence-electron chi connectivity index (χ2n) is 8.66. The van der Waals surface area contributed by atoms with E-state index in [-0.39, 0.29) is 17.2 Å². The number of rotatable bonds is 5. The van der Waals surface area contributed by atoms with Crippen molar-refractivity contribution in [3.63, 3.8) is 0 Å². The van der Waals surface area contributed by atoms with Crippen LogP contribution in [-0.4, -0.2) is 44.0 Å². The summed E-state index contributed by atoms with van der Waals surface area (Å²) in [7, 11) is 0. The van der Waals surface area contributed by atoms with Gasteiger partial charge >= 0.3 is 0 Å². The van der Waals surface area contributed by atoms with Gasteiger partial charge in [-0.05, 0) is 63.3 Å². The Morgan fingerprint density at radius 1 is 1.21 bits per heavy atom. The molecule has 1 aromatic carbocycles. The van der Waals surface area contributed by atoms with Crippen LogP contribution in [0.15, 0.2) is 24.3 Å². The standard InChI is InChI=1S/C22H32N4O2/c1-16(24-21(28)22-10-3-2-7-17(22)14-23-15-22)20(27)25-18-8-6-9-19(13-18)26-11-4-5-12-26/h6,8-9,13,16-17,23H,2-5,7,10-12,14-15H2,1H3,(H,24,28)(H,25,27)/t16?,17-,22+/m0/s1. The summed E-state index contributed by atoms with van der Waals surface area (Å²) in [4.78, 5) is 28.1. The highest BCUT2D eigenvalue weighted by molar-refractivity contribution is 5.98. The zero-order chi connectivity index (χ0) is 19.6. The molecule has 0 radical (unpaired) electrons. The van der Waals surface area contributed by atoms with Gasteiger partial charge in [0.25, 0.3) is 0 Å². The van der Waals surface area contributed by atoms with E-state index in [4.69, 9.17) is 0 Å². The molecule has 1 unspecified atom stereocenters. The summed E-state index contributed by atoms with van der Waals surface area (Å²) < 4.78 is 0. The molecular weight excluding hydrogens is 352 g/mol. The molecule has 6 heteroatoms. The number of anilines is 2. The van der Waals surface area contributed by atoms with Crippen LogP contribution in [0.2, 0.25) is 0 Å². The van der Waals surface area contributed by atoms with E-state index in [0.29, 0.717) is 5.92 Å². The molecule has 0 spiro atoms. The van der Waals surface area contributed by atoms with Crippen LogP contribution in [0, 0.1) is 11.3 Å². The highest BCUT2D eigenvalue weighted by Gasteiger charge is 2.50. The Bertz CT molecular complexity index is 731. The minimum atomic E-state index is -0.555. The number of carbonyl (C=O) groups is 2. The van der Waals surface area contributed by atoms with Gasteiger partial charge in [-0.25, -0.2) is 0 Å². The zero-order valence-electron chi connectivity index (χ0n) is 16.8. The molecule has 1 aliphatic carbocycles. The first-order chi connectivity index (χ1) is 13.6. The minimum absolute atomic E-state index is 0.0377. The van der Waals surface area contributed by atoms with Crippen LogP contribution >= 0.6 is 0 Å². The molecule has 2 amide bonds. The lowest BCUT2D eigenvalue weighted by atomic mass is 9.67. The summed E-state index contributed by atoms with van der Waals surface area (Å²) >= 11 is 0. The van der Waals surface area contributed by atoms with Gasteiger partial charge in [-0.15, -0.1) is 0 Å². The van der Waals surface area contributed by atoms with E-state index in [1.54, 1.807) is 6.92 Å². The van der Waals surface area contributed by atoms with Crippen molar-refractivity contribution in [3.05, 3.63) is 24.3 Å². The fourth-order valence-corrected chi connectivity index (χ4v) is 5.10. The molecule has 1 saturated carbocycles. The number of amides is 2. The summed E-state index contributed by atoms with van der Waals surface area (Å²) in [6.45, 7) is 5.56. The second kappa shape index (κ2) is 8.11. The number of carbonyl (C=O) groups excluding carboxylic acids is 2. The van der Waals surface area contributed by atoms with Crippen LogP contribution in [0.5, 0.6) is 0 Å². The Hall–Kier alpha value is -2.08. The highest BCUT2D eigenvalue weighted by Crippen LogP contribution is 2.44. The molecule has 2 heterocycles. The molecule has 6 nitrogen and oxygen atoms in total. The molecule has 152 valence electrons. The number of benzene rings is 1.